The summed E-state index contributed by atoms with van der Waals surface area (Å²) in [6.07, 6.45) is 4.24. The fourth-order valence-electron chi connectivity index (χ4n) is 3.39. The Morgan fingerprint density at radius 2 is 1.86 bits per heavy atom. The minimum atomic E-state index is 0.363. The van der Waals surface area contributed by atoms with Gasteiger partial charge in [0, 0.05) is 17.3 Å². The Morgan fingerprint density at radius 1 is 1.14 bits per heavy atom. The van der Waals surface area contributed by atoms with Crippen molar-refractivity contribution in [2.45, 2.75) is 45.4 Å². The number of nitrogens with two attached hydrogens (primary N) is 1. The van der Waals surface area contributed by atoms with E-state index in [2.05, 4.69) is 38.1 Å². The molecule has 1 aromatic heterocycles. The van der Waals surface area contributed by atoms with Crippen LogP contribution in [0.4, 0.5) is 0 Å². The van der Waals surface area contributed by atoms with Crippen LogP contribution < -0.4 is 5.73 Å². The van der Waals surface area contributed by atoms with Crippen molar-refractivity contribution >= 4 is 0 Å². The van der Waals surface area contributed by atoms with E-state index >= 15 is 0 Å². The second-order valence-corrected chi connectivity index (χ2v) is 5.91. The fourth-order valence-corrected chi connectivity index (χ4v) is 3.39. The molecule has 3 rings (SSSR count). The standard InChI is InChI=1S/C18H23N3/c1-12-15(8-5-11-19)13(2)21-18(20-12)17-10-9-14-6-3-4-7-16(14)17/h3-4,6-7,17H,5,8-11,19H2,1-2H3. The zero-order chi connectivity index (χ0) is 14.8. The summed E-state index contributed by atoms with van der Waals surface area (Å²) in [7, 11) is 0. The molecule has 0 spiro atoms. The summed E-state index contributed by atoms with van der Waals surface area (Å²) in [6, 6.07) is 8.69. The van der Waals surface area contributed by atoms with Crippen molar-refractivity contribution < 1.29 is 0 Å². The Hall–Kier alpha value is -1.74. The molecule has 1 atom stereocenters. The average molecular weight is 281 g/mol. The molecule has 0 radical (unpaired) electrons. The lowest BCUT2D eigenvalue weighted by molar-refractivity contribution is 0.706. The predicted molar refractivity (Wildman–Crippen MR) is 85.5 cm³/mol. The summed E-state index contributed by atoms with van der Waals surface area (Å²) in [4.78, 5) is 9.63. The topological polar surface area (TPSA) is 51.8 Å². The Balaban J connectivity index is 1.94. The minimum absolute atomic E-state index is 0.363. The highest BCUT2D eigenvalue weighted by atomic mass is 14.9. The van der Waals surface area contributed by atoms with Gasteiger partial charge in [0.1, 0.15) is 5.82 Å². The number of rotatable bonds is 4. The van der Waals surface area contributed by atoms with Gasteiger partial charge < -0.3 is 5.73 Å². The molecular weight excluding hydrogens is 258 g/mol. The van der Waals surface area contributed by atoms with E-state index in [1.807, 2.05) is 0 Å². The maximum atomic E-state index is 5.62. The van der Waals surface area contributed by atoms with E-state index in [1.54, 1.807) is 0 Å². The Labute approximate surface area is 126 Å². The highest BCUT2D eigenvalue weighted by molar-refractivity contribution is 5.39. The summed E-state index contributed by atoms with van der Waals surface area (Å²) in [5, 5.41) is 0. The van der Waals surface area contributed by atoms with Crippen LogP contribution in [0.2, 0.25) is 0 Å². The molecule has 2 aromatic rings. The number of benzene rings is 1. The van der Waals surface area contributed by atoms with Gasteiger partial charge in [-0.15, -0.1) is 0 Å². The lowest BCUT2D eigenvalue weighted by Crippen LogP contribution is -2.10. The molecule has 0 fully saturated rings. The maximum Gasteiger partial charge on any atom is 0.136 e. The Morgan fingerprint density at radius 3 is 2.57 bits per heavy atom. The van der Waals surface area contributed by atoms with Crippen molar-refractivity contribution in [3.63, 3.8) is 0 Å². The van der Waals surface area contributed by atoms with Gasteiger partial charge in [0.25, 0.3) is 0 Å². The van der Waals surface area contributed by atoms with Crippen LogP contribution in [-0.4, -0.2) is 16.5 Å². The summed E-state index contributed by atoms with van der Waals surface area (Å²) in [5.41, 5.74) is 12.0. The molecule has 0 amide bonds. The highest BCUT2D eigenvalue weighted by Gasteiger charge is 2.26. The SMILES string of the molecule is Cc1nc(C2CCc3ccccc32)nc(C)c1CCCN. The van der Waals surface area contributed by atoms with Crippen LogP contribution >= 0.6 is 0 Å². The van der Waals surface area contributed by atoms with E-state index in [1.165, 1.54) is 16.7 Å². The van der Waals surface area contributed by atoms with Gasteiger partial charge in [-0.2, -0.15) is 0 Å². The predicted octanol–water partition coefficient (Wildman–Crippen LogP) is 3.06. The first-order valence-electron chi connectivity index (χ1n) is 7.82. The van der Waals surface area contributed by atoms with Gasteiger partial charge in [-0.3, -0.25) is 0 Å². The normalized spacial score (nSPS) is 17.0. The van der Waals surface area contributed by atoms with Gasteiger partial charge in [-0.05, 0) is 62.8 Å². The molecule has 21 heavy (non-hydrogen) atoms. The lowest BCUT2D eigenvalue weighted by atomic mass is 9.99. The lowest BCUT2D eigenvalue weighted by Gasteiger charge is -2.15. The van der Waals surface area contributed by atoms with Crippen LogP contribution in [0, 0.1) is 13.8 Å². The van der Waals surface area contributed by atoms with Gasteiger partial charge in [0.2, 0.25) is 0 Å². The molecule has 2 N–H and O–H groups in total. The summed E-state index contributed by atoms with van der Waals surface area (Å²) >= 11 is 0. The van der Waals surface area contributed by atoms with Crippen LogP contribution in [-0.2, 0) is 12.8 Å². The highest BCUT2D eigenvalue weighted by Crippen LogP contribution is 2.36. The van der Waals surface area contributed by atoms with Gasteiger partial charge in [0.05, 0.1) is 0 Å². The molecule has 0 bridgehead atoms. The maximum absolute atomic E-state index is 5.62. The first kappa shape index (κ1) is 14.2. The van der Waals surface area contributed by atoms with Crippen molar-refractivity contribution in [3.8, 4) is 0 Å². The third kappa shape index (κ3) is 2.70. The van der Waals surface area contributed by atoms with Crippen molar-refractivity contribution in [2.24, 2.45) is 5.73 Å². The molecule has 1 heterocycles. The van der Waals surface area contributed by atoms with Crippen molar-refractivity contribution in [1.29, 1.82) is 0 Å². The third-order valence-electron chi connectivity index (χ3n) is 4.51. The van der Waals surface area contributed by atoms with Crippen LogP contribution in [0.15, 0.2) is 24.3 Å². The van der Waals surface area contributed by atoms with E-state index < -0.39 is 0 Å². The number of hydrogen-bond donors (Lipinski definition) is 1. The smallest absolute Gasteiger partial charge is 0.136 e. The number of hydrogen-bond acceptors (Lipinski definition) is 3. The molecule has 1 aromatic carbocycles. The molecule has 110 valence electrons. The van der Waals surface area contributed by atoms with Crippen molar-refractivity contribution in [1.82, 2.24) is 9.97 Å². The summed E-state index contributed by atoms with van der Waals surface area (Å²) < 4.78 is 0. The first-order valence-corrected chi connectivity index (χ1v) is 7.82. The van der Waals surface area contributed by atoms with Gasteiger partial charge in [-0.1, -0.05) is 24.3 Å². The number of aryl methyl sites for hydroxylation is 3. The van der Waals surface area contributed by atoms with Crippen molar-refractivity contribution in [2.75, 3.05) is 6.54 Å². The third-order valence-corrected chi connectivity index (χ3v) is 4.51. The molecule has 0 saturated heterocycles. The summed E-state index contributed by atoms with van der Waals surface area (Å²) in [5.74, 6) is 1.36. The molecular formula is C18H23N3. The van der Waals surface area contributed by atoms with E-state index in [0.717, 1.165) is 49.4 Å². The van der Waals surface area contributed by atoms with E-state index in [-0.39, 0.29) is 0 Å². The zero-order valence-electron chi connectivity index (χ0n) is 12.9. The summed E-state index contributed by atoms with van der Waals surface area (Å²) in [6.45, 7) is 4.92. The van der Waals surface area contributed by atoms with Crippen LogP contribution in [0.3, 0.4) is 0 Å². The van der Waals surface area contributed by atoms with Crippen LogP contribution in [0.5, 0.6) is 0 Å². The quantitative estimate of drug-likeness (QED) is 0.937. The van der Waals surface area contributed by atoms with Gasteiger partial charge in [0.15, 0.2) is 0 Å². The number of fused-ring (bicyclic) bond motifs is 1. The second kappa shape index (κ2) is 5.94. The van der Waals surface area contributed by atoms with Crippen LogP contribution in [0.25, 0.3) is 0 Å². The Bertz CT molecular complexity index is 626. The molecule has 1 aliphatic carbocycles. The average Bonchev–Trinajstić information content (AvgIpc) is 2.90. The molecule has 3 heteroatoms. The van der Waals surface area contributed by atoms with Crippen LogP contribution in [0.1, 0.15) is 52.7 Å². The number of nitrogens with zero attached hydrogens (tertiary/aromatic N) is 2. The zero-order valence-corrected chi connectivity index (χ0v) is 12.9. The van der Waals surface area contributed by atoms with E-state index in [9.17, 15) is 0 Å². The minimum Gasteiger partial charge on any atom is -0.330 e. The van der Waals surface area contributed by atoms with E-state index in [0.29, 0.717) is 5.92 Å². The first-order chi connectivity index (χ1) is 10.2. The molecule has 0 saturated carbocycles. The molecule has 0 aliphatic heterocycles. The van der Waals surface area contributed by atoms with Gasteiger partial charge >= 0.3 is 0 Å². The van der Waals surface area contributed by atoms with Crippen molar-refractivity contribution in [3.05, 3.63) is 58.2 Å². The Kier molecular flexibility index (Phi) is 4.02. The molecule has 1 unspecified atom stereocenters. The molecule has 1 aliphatic rings. The second-order valence-electron chi connectivity index (χ2n) is 5.91. The fraction of sp³-hybridized carbons (Fsp3) is 0.444. The molecule has 3 nitrogen and oxygen atoms in total. The largest absolute Gasteiger partial charge is 0.330 e. The van der Waals surface area contributed by atoms with E-state index in [4.69, 9.17) is 15.7 Å². The monoisotopic (exact) mass is 281 g/mol. The van der Waals surface area contributed by atoms with Gasteiger partial charge in [-0.25, -0.2) is 9.97 Å². The number of aromatic nitrogens is 2.